The minimum Gasteiger partial charge on any atom is -0.351 e. The van der Waals surface area contributed by atoms with Gasteiger partial charge in [0.1, 0.15) is 0 Å². The van der Waals surface area contributed by atoms with Crippen molar-refractivity contribution in [3.05, 3.63) is 59.7 Å². The van der Waals surface area contributed by atoms with E-state index in [0.717, 1.165) is 0 Å². The number of carbonyl (C=O) groups excluding carboxylic acids is 2. The summed E-state index contributed by atoms with van der Waals surface area (Å²) >= 11 is 0. The highest BCUT2D eigenvalue weighted by atomic mass is 16.2. The smallest absolute Gasteiger partial charge is 0.316 e. The second-order valence-corrected chi connectivity index (χ2v) is 4.25. The van der Waals surface area contributed by atoms with Crippen molar-refractivity contribution in [1.29, 1.82) is 0 Å². The van der Waals surface area contributed by atoms with E-state index in [4.69, 9.17) is 12.2 Å². The van der Waals surface area contributed by atoms with E-state index in [1.54, 1.807) is 42.5 Å². The van der Waals surface area contributed by atoms with Gasteiger partial charge in [-0.05, 0) is 36.4 Å². The van der Waals surface area contributed by atoms with Gasteiger partial charge in [0.15, 0.2) is 0 Å². The van der Waals surface area contributed by atoms with E-state index in [9.17, 15) is 9.59 Å². The molecule has 2 aromatic carbocycles. The predicted molar refractivity (Wildman–Crippen MR) is 82.0 cm³/mol. The van der Waals surface area contributed by atoms with Crippen LogP contribution in [0.2, 0.25) is 0 Å². The summed E-state index contributed by atoms with van der Waals surface area (Å²) in [4.78, 5) is 22.9. The van der Waals surface area contributed by atoms with E-state index >= 15 is 0 Å². The topological polar surface area (TPSA) is 84.2 Å². The van der Waals surface area contributed by atoms with Crippen molar-refractivity contribution in [2.75, 3.05) is 10.6 Å². The molecular formula is C16H13N3O2. The highest BCUT2D eigenvalue weighted by Gasteiger charge is 2.07. The van der Waals surface area contributed by atoms with Crippen molar-refractivity contribution < 1.29 is 9.59 Å². The molecule has 0 fully saturated rings. The zero-order chi connectivity index (χ0) is 15.2. The van der Waals surface area contributed by atoms with E-state index in [-0.39, 0.29) is 5.91 Å². The standard InChI is InChI=1S/C16H13N3O2/c1-2-11-5-3-7-13(9-11)18-15(20)12-6-4-8-14(10-12)19-16(17)21/h1,3-10H,(H,18,20)(H3,17,19,21). The zero-order valence-corrected chi connectivity index (χ0v) is 11.1. The summed E-state index contributed by atoms with van der Waals surface area (Å²) in [7, 11) is 0. The molecule has 4 N–H and O–H groups in total. The molecule has 0 aliphatic carbocycles. The molecule has 0 radical (unpaired) electrons. The Morgan fingerprint density at radius 2 is 1.67 bits per heavy atom. The fourth-order valence-corrected chi connectivity index (χ4v) is 1.77. The number of primary amides is 1. The number of nitrogens with two attached hydrogens (primary N) is 1. The van der Waals surface area contributed by atoms with Crippen LogP contribution in [-0.4, -0.2) is 11.9 Å². The van der Waals surface area contributed by atoms with Crippen LogP contribution in [0.25, 0.3) is 0 Å². The van der Waals surface area contributed by atoms with Crippen LogP contribution in [0, 0.1) is 12.3 Å². The lowest BCUT2D eigenvalue weighted by Gasteiger charge is -2.07. The van der Waals surface area contributed by atoms with Crippen LogP contribution < -0.4 is 16.4 Å². The number of benzene rings is 2. The number of anilines is 2. The number of hydrogen-bond acceptors (Lipinski definition) is 2. The summed E-state index contributed by atoms with van der Waals surface area (Å²) in [5.41, 5.74) is 7.16. The Bertz CT molecular complexity index is 732. The lowest BCUT2D eigenvalue weighted by atomic mass is 10.1. The van der Waals surface area contributed by atoms with Gasteiger partial charge in [0.2, 0.25) is 0 Å². The molecule has 21 heavy (non-hydrogen) atoms. The van der Waals surface area contributed by atoms with E-state index in [0.29, 0.717) is 22.5 Å². The van der Waals surface area contributed by atoms with Gasteiger partial charge in [-0.1, -0.05) is 18.1 Å². The second kappa shape index (κ2) is 6.26. The van der Waals surface area contributed by atoms with E-state index in [1.807, 2.05) is 0 Å². The van der Waals surface area contributed by atoms with Crippen LogP contribution in [-0.2, 0) is 0 Å². The Labute approximate surface area is 122 Å². The van der Waals surface area contributed by atoms with Gasteiger partial charge in [-0.25, -0.2) is 4.79 Å². The normalized spacial score (nSPS) is 9.48. The average molecular weight is 279 g/mol. The first-order valence-electron chi connectivity index (χ1n) is 6.13. The first-order valence-corrected chi connectivity index (χ1v) is 6.13. The van der Waals surface area contributed by atoms with Crippen molar-refractivity contribution in [2.45, 2.75) is 0 Å². The third-order valence-electron chi connectivity index (χ3n) is 2.68. The molecular weight excluding hydrogens is 266 g/mol. The molecule has 5 heteroatoms. The van der Waals surface area contributed by atoms with Crippen LogP contribution >= 0.6 is 0 Å². The number of rotatable bonds is 3. The van der Waals surface area contributed by atoms with Crippen molar-refractivity contribution in [2.24, 2.45) is 5.73 Å². The van der Waals surface area contributed by atoms with Crippen molar-refractivity contribution >= 4 is 23.3 Å². The third-order valence-corrected chi connectivity index (χ3v) is 2.68. The maximum atomic E-state index is 12.1. The molecule has 2 rings (SSSR count). The molecule has 0 aromatic heterocycles. The summed E-state index contributed by atoms with van der Waals surface area (Å²) in [5, 5.41) is 5.15. The monoisotopic (exact) mass is 279 g/mol. The predicted octanol–water partition coefficient (Wildman–Crippen LogP) is 2.41. The Morgan fingerprint density at radius 3 is 2.33 bits per heavy atom. The molecule has 104 valence electrons. The minimum atomic E-state index is -0.686. The number of terminal acetylenes is 1. The van der Waals surface area contributed by atoms with Gasteiger partial charge in [-0.3, -0.25) is 4.79 Å². The first kappa shape index (κ1) is 14.2. The van der Waals surface area contributed by atoms with Crippen LogP contribution in [0.1, 0.15) is 15.9 Å². The van der Waals surface area contributed by atoms with Gasteiger partial charge in [0.25, 0.3) is 5.91 Å². The lowest BCUT2D eigenvalue weighted by molar-refractivity contribution is 0.102. The fraction of sp³-hybridized carbons (Fsp3) is 0. The molecule has 0 bridgehead atoms. The van der Waals surface area contributed by atoms with Crippen molar-refractivity contribution in [1.82, 2.24) is 0 Å². The molecule has 0 aliphatic rings. The number of nitrogens with one attached hydrogen (secondary N) is 2. The van der Waals surface area contributed by atoms with Gasteiger partial charge >= 0.3 is 6.03 Å². The van der Waals surface area contributed by atoms with Gasteiger partial charge < -0.3 is 16.4 Å². The van der Waals surface area contributed by atoms with Gasteiger partial charge in [-0.15, -0.1) is 6.42 Å². The molecule has 0 saturated heterocycles. The molecule has 0 spiro atoms. The van der Waals surface area contributed by atoms with Crippen LogP contribution in [0.4, 0.5) is 16.2 Å². The Hall–Kier alpha value is -3.26. The molecule has 0 saturated carbocycles. The number of hydrogen-bond donors (Lipinski definition) is 3. The number of urea groups is 1. The molecule has 3 amide bonds. The number of carbonyl (C=O) groups is 2. The zero-order valence-electron chi connectivity index (χ0n) is 11.1. The Morgan fingerprint density at radius 1 is 1.00 bits per heavy atom. The van der Waals surface area contributed by atoms with Gasteiger partial charge in [0.05, 0.1) is 0 Å². The minimum absolute atomic E-state index is 0.308. The second-order valence-electron chi connectivity index (χ2n) is 4.25. The fourth-order valence-electron chi connectivity index (χ4n) is 1.77. The van der Waals surface area contributed by atoms with Crippen LogP contribution in [0.5, 0.6) is 0 Å². The highest BCUT2D eigenvalue weighted by molar-refractivity contribution is 6.05. The molecule has 0 unspecified atom stereocenters. The number of amides is 3. The molecule has 0 aliphatic heterocycles. The lowest BCUT2D eigenvalue weighted by Crippen LogP contribution is -2.19. The summed E-state index contributed by atoms with van der Waals surface area (Å²) in [5.74, 6) is 2.19. The summed E-state index contributed by atoms with van der Waals surface area (Å²) in [6.07, 6.45) is 5.31. The average Bonchev–Trinajstić information content (AvgIpc) is 2.47. The summed E-state index contributed by atoms with van der Waals surface area (Å²) in [6, 6.07) is 12.7. The molecule has 5 nitrogen and oxygen atoms in total. The quantitative estimate of drug-likeness (QED) is 0.754. The van der Waals surface area contributed by atoms with E-state index in [2.05, 4.69) is 16.6 Å². The maximum Gasteiger partial charge on any atom is 0.316 e. The SMILES string of the molecule is C#Cc1cccc(NC(=O)c2cccc(NC(N)=O)c2)c1. The maximum absolute atomic E-state index is 12.1. The molecule has 2 aromatic rings. The first-order chi connectivity index (χ1) is 10.1. The highest BCUT2D eigenvalue weighted by Crippen LogP contribution is 2.14. The van der Waals surface area contributed by atoms with Crippen LogP contribution in [0.15, 0.2) is 48.5 Å². The summed E-state index contributed by atoms with van der Waals surface area (Å²) < 4.78 is 0. The van der Waals surface area contributed by atoms with Crippen molar-refractivity contribution in [3.8, 4) is 12.3 Å². The van der Waals surface area contributed by atoms with Crippen molar-refractivity contribution in [3.63, 3.8) is 0 Å². The van der Waals surface area contributed by atoms with Gasteiger partial charge in [-0.2, -0.15) is 0 Å². The Kier molecular flexibility index (Phi) is 4.22. The molecule has 0 atom stereocenters. The Balaban J connectivity index is 2.16. The summed E-state index contributed by atoms with van der Waals surface area (Å²) in [6.45, 7) is 0. The molecule has 0 heterocycles. The third kappa shape index (κ3) is 3.85. The van der Waals surface area contributed by atoms with Gasteiger partial charge in [0, 0.05) is 22.5 Å². The van der Waals surface area contributed by atoms with E-state index in [1.165, 1.54) is 6.07 Å². The van der Waals surface area contributed by atoms with Crippen LogP contribution in [0.3, 0.4) is 0 Å². The largest absolute Gasteiger partial charge is 0.351 e. The van der Waals surface area contributed by atoms with E-state index < -0.39 is 6.03 Å².